The van der Waals surface area contributed by atoms with Crippen LogP contribution in [0.1, 0.15) is 47.8 Å². The first-order chi connectivity index (χ1) is 14.7. The number of rotatable bonds is 8. The van der Waals surface area contributed by atoms with Crippen molar-refractivity contribution in [2.75, 3.05) is 13.1 Å². The second-order valence-electron chi connectivity index (χ2n) is 8.37. The average Bonchev–Trinajstić information content (AvgIpc) is 3.16. The summed E-state index contributed by atoms with van der Waals surface area (Å²) in [5.41, 5.74) is 9.73. The van der Waals surface area contributed by atoms with Gasteiger partial charge in [0.05, 0.1) is 0 Å². The number of nitrogens with two attached hydrogens (primary N) is 1. The lowest BCUT2D eigenvalue weighted by atomic mass is 9.84. The lowest BCUT2D eigenvalue weighted by Crippen LogP contribution is -2.35. The molecule has 1 aromatic heterocycles. The van der Waals surface area contributed by atoms with E-state index < -0.39 is 0 Å². The fourth-order valence-corrected chi connectivity index (χ4v) is 3.49. The molecule has 162 valence electrons. The molecule has 3 aromatic rings. The molecular formula is C24H29N5O2. The summed E-state index contributed by atoms with van der Waals surface area (Å²) in [7, 11) is 0. The zero-order chi connectivity index (χ0) is 22.6. The monoisotopic (exact) mass is 419 g/mol. The van der Waals surface area contributed by atoms with Crippen LogP contribution in [0.4, 0.5) is 0 Å². The Kier molecular flexibility index (Phi) is 6.44. The molecule has 0 saturated carbocycles. The summed E-state index contributed by atoms with van der Waals surface area (Å²) in [6.07, 6.45) is 2.41. The molecule has 0 aliphatic heterocycles. The molecule has 7 heteroatoms. The van der Waals surface area contributed by atoms with Crippen LogP contribution in [0.2, 0.25) is 0 Å². The van der Waals surface area contributed by atoms with Gasteiger partial charge in [0.1, 0.15) is 5.84 Å². The van der Waals surface area contributed by atoms with E-state index in [1.54, 1.807) is 6.20 Å². The summed E-state index contributed by atoms with van der Waals surface area (Å²) in [5.74, 6) is -0.156. The van der Waals surface area contributed by atoms with Crippen molar-refractivity contribution in [3.8, 4) is 0 Å². The van der Waals surface area contributed by atoms with E-state index in [9.17, 15) is 9.59 Å². The topological polar surface area (TPSA) is 124 Å². The van der Waals surface area contributed by atoms with Crippen molar-refractivity contribution in [2.45, 2.75) is 32.6 Å². The van der Waals surface area contributed by atoms with Crippen LogP contribution in [0.15, 0.2) is 48.7 Å². The van der Waals surface area contributed by atoms with Crippen LogP contribution in [-0.2, 0) is 16.6 Å². The molecule has 0 unspecified atom stereocenters. The number of aromatic amines is 1. The molecule has 0 aliphatic rings. The second kappa shape index (κ2) is 9.04. The molecule has 6 N–H and O–H groups in total. The van der Waals surface area contributed by atoms with Gasteiger partial charge >= 0.3 is 0 Å². The summed E-state index contributed by atoms with van der Waals surface area (Å²) in [6, 6.07) is 13.4. The van der Waals surface area contributed by atoms with Crippen LogP contribution in [0.3, 0.4) is 0 Å². The van der Waals surface area contributed by atoms with E-state index in [1.165, 1.54) is 6.92 Å². The van der Waals surface area contributed by atoms with Crippen molar-refractivity contribution >= 4 is 28.6 Å². The van der Waals surface area contributed by atoms with E-state index in [2.05, 4.69) is 29.5 Å². The van der Waals surface area contributed by atoms with Crippen LogP contribution in [0.5, 0.6) is 0 Å². The number of hydrogen-bond acceptors (Lipinski definition) is 3. The standard InChI is InChI=1S/C24H29N5O2/c1-15(30)29-14-24(2,3)18-7-5-17(6-8-18)23(31)27-11-10-16-4-9-21-19(12-16)20(13-28-21)22(25)26/h4-9,12-13,28H,10-11,14H2,1-3H3,(H3,25,26)(H,27,31)(H,29,30). The Labute approximate surface area is 181 Å². The lowest BCUT2D eigenvalue weighted by Gasteiger charge is -2.25. The molecule has 0 atom stereocenters. The van der Waals surface area contributed by atoms with Gasteiger partial charge in [0, 0.05) is 53.7 Å². The Bertz CT molecular complexity index is 1110. The maximum Gasteiger partial charge on any atom is 0.251 e. The van der Waals surface area contributed by atoms with Gasteiger partial charge in [-0.3, -0.25) is 15.0 Å². The van der Waals surface area contributed by atoms with Crippen molar-refractivity contribution in [3.05, 3.63) is 70.9 Å². The fraction of sp³-hybridized carbons (Fsp3) is 0.292. The second-order valence-corrected chi connectivity index (χ2v) is 8.37. The first-order valence-corrected chi connectivity index (χ1v) is 10.2. The zero-order valence-electron chi connectivity index (χ0n) is 18.1. The number of carbonyl (C=O) groups excluding carboxylic acids is 2. The molecule has 2 amide bonds. The van der Waals surface area contributed by atoms with E-state index in [0.29, 0.717) is 30.6 Å². The first-order valence-electron chi connectivity index (χ1n) is 10.2. The molecular weight excluding hydrogens is 390 g/mol. The highest BCUT2D eigenvalue weighted by Gasteiger charge is 2.21. The number of amides is 2. The van der Waals surface area contributed by atoms with Gasteiger partial charge in [0.15, 0.2) is 0 Å². The number of nitrogen functional groups attached to an aromatic ring is 1. The zero-order valence-corrected chi connectivity index (χ0v) is 18.1. The molecule has 0 saturated heterocycles. The molecule has 0 aliphatic carbocycles. The summed E-state index contributed by atoms with van der Waals surface area (Å²) in [5, 5.41) is 14.4. The minimum absolute atomic E-state index is 0.0281. The number of benzene rings is 2. The van der Waals surface area contributed by atoms with Gasteiger partial charge < -0.3 is 21.4 Å². The van der Waals surface area contributed by atoms with Crippen LogP contribution in [0.25, 0.3) is 10.9 Å². The molecule has 7 nitrogen and oxygen atoms in total. The fourth-order valence-electron chi connectivity index (χ4n) is 3.49. The number of carbonyl (C=O) groups is 2. The Balaban J connectivity index is 1.58. The van der Waals surface area contributed by atoms with E-state index in [4.69, 9.17) is 11.1 Å². The minimum Gasteiger partial charge on any atom is -0.384 e. The number of fused-ring (bicyclic) bond motifs is 1. The molecule has 0 fully saturated rings. The highest BCUT2D eigenvalue weighted by atomic mass is 16.2. The van der Waals surface area contributed by atoms with Gasteiger partial charge in [-0.25, -0.2) is 0 Å². The van der Waals surface area contributed by atoms with Crippen molar-refractivity contribution < 1.29 is 9.59 Å². The van der Waals surface area contributed by atoms with E-state index in [0.717, 1.165) is 22.0 Å². The number of hydrogen-bond donors (Lipinski definition) is 5. The number of aromatic nitrogens is 1. The summed E-state index contributed by atoms with van der Waals surface area (Å²) >= 11 is 0. The number of amidine groups is 1. The van der Waals surface area contributed by atoms with Gasteiger partial charge in [-0.15, -0.1) is 0 Å². The van der Waals surface area contributed by atoms with Gasteiger partial charge in [-0.05, 0) is 41.8 Å². The molecule has 3 rings (SSSR count). The normalized spacial score (nSPS) is 11.3. The summed E-state index contributed by atoms with van der Waals surface area (Å²) in [6.45, 7) is 6.64. The van der Waals surface area contributed by atoms with Crippen LogP contribution < -0.4 is 16.4 Å². The van der Waals surface area contributed by atoms with Gasteiger partial charge in [0.2, 0.25) is 5.91 Å². The van der Waals surface area contributed by atoms with Crippen molar-refractivity contribution in [3.63, 3.8) is 0 Å². The third-order valence-electron chi connectivity index (χ3n) is 5.44. The average molecular weight is 420 g/mol. The Hall–Kier alpha value is -3.61. The highest BCUT2D eigenvalue weighted by molar-refractivity contribution is 6.07. The summed E-state index contributed by atoms with van der Waals surface area (Å²) < 4.78 is 0. The van der Waals surface area contributed by atoms with E-state index in [-0.39, 0.29) is 23.1 Å². The quantitative estimate of drug-likeness (QED) is 0.285. The summed E-state index contributed by atoms with van der Waals surface area (Å²) in [4.78, 5) is 26.8. The molecule has 31 heavy (non-hydrogen) atoms. The third-order valence-corrected chi connectivity index (χ3v) is 5.44. The third kappa shape index (κ3) is 5.31. The minimum atomic E-state index is -0.226. The predicted molar refractivity (Wildman–Crippen MR) is 124 cm³/mol. The highest BCUT2D eigenvalue weighted by Crippen LogP contribution is 2.23. The molecule has 2 aromatic carbocycles. The first kappa shape index (κ1) is 22.1. The van der Waals surface area contributed by atoms with Crippen LogP contribution in [0, 0.1) is 5.41 Å². The Morgan fingerprint density at radius 1 is 1.10 bits per heavy atom. The largest absolute Gasteiger partial charge is 0.384 e. The SMILES string of the molecule is CC(=O)NCC(C)(C)c1ccc(C(=O)NCCc2ccc3[nH]cc(C(=N)N)c3c2)cc1. The van der Waals surface area contributed by atoms with Crippen molar-refractivity contribution in [1.29, 1.82) is 5.41 Å². The van der Waals surface area contributed by atoms with Crippen molar-refractivity contribution in [1.82, 2.24) is 15.6 Å². The van der Waals surface area contributed by atoms with Crippen molar-refractivity contribution in [2.24, 2.45) is 5.73 Å². The predicted octanol–water partition coefficient (Wildman–Crippen LogP) is 2.84. The van der Waals surface area contributed by atoms with Crippen LogP contribution in [-0.4, -0.2) is 35.7 Å². The number of nitrogens with one attached hydrogen (secondary N) is 4. The molecule has 1 heterocycles. The van der Waals surface area contributed by atoms with Gasteiger partial charge in [-0.1, -0.05) is 32.0 Å². The van der Waals surface area contributed by atoms with E-state index >= 15 is 0 Å². The number of H-pyrrole nitrogens is 1. The lowest BCUT2D eigenvalue weighted by molar-refractivity contribution is -0.119. The Morgan fingerprint density at radius 2 is 1.81 bits per heavy atom. The van der Waals surface area contributed by atoms with E-state index in [1.807, 2.05) is 42.5 Å². The maximum absolute atomic E-state index is 12.5. The van der Waals surface area contributed by atoms with Gasteiger partial charge in [-0.2, -0.15) is 0 Å². The Morgan fingerprint density at radius 3 is 2.45 bits per heavy atom. The van der Waals surface area contributed by atoms with Gasteiger partial charge in [0.25, 0.3) is 5.91 Å². The molecule has 0 bridgehead atoms. The molecule has 0 radical (unpaired) electrons. The maximum atomic E-state index is 12.5. The van der Waals surface area contributed by atoms with Crippen LogP contribution >= 0.6 is 0 Å². The molecule has 0 spiro atoms. The smallest absolute Gasteiger partial charge is 0.251 e.